The van der Waals surface area contributed by atoms with Crippen molar-refractivity contribution in [1.29, 1.82) is 0 Å². The number of rotatable bonds is 6. The van der Waals surface area contributed by atoms with Crippen molar-refractivity contribution in [2.24, 2.45) is 5.92 Å². The predicted molar refractivity (Wildman–Crippen MR) is 83.7 cm³/mol. The summed E-state index contributed by atoms with van der Waals surface area (Å²) in [5.41, 5.74) is 0.901. The van der Waals surface area contributed by atoms with Crippen LogP contribution in [-0.4, -0.2) is 41.7 Å². The molecule has 1 aromatic rings. The minimum Gasteiger partial charge on any atom is -0.392 e. The fourth-order valence-corrected chi connectivity index (χ4v) is 2.74. The Morgan fingerprint density at radius 1 is 1.36 bits per heavy atom. The molecule has 5 heteroatoms. The van der Waals surface area contributed by atoms with E-state index in [9.17, 15) is 14.3 Å². The van der Waals surface area contributed by atoms with Crippen molar-refractivity contribution in [2.45, 2.75) is 38.8 Å². The van der Waals surface area contributed by atoms with Gasteiger partial charge >= 0.3 is 0 Å². The number of benzene rings is 1. The highest BCUT2D eigenvalue weighted by Gasteiger charge is 2.25. The van der Waals surface area contributed by atoms with E-state index in [0.29, 0.717) is 13.1 Å². The molecule has 0 aromatic heterocycles. The average Bonchev–Trinajstić information content (AvgIpc) is 2.54. The van der Waals surface area contributed by atoms with Gasteiger partial charge in [-0.25, -0.2) is 4.39 Å². The molecule has 0 bridgehead atoms. The Morgan fingerprint density at radius 3 is 2.59 bits per heavy atom. The highest BCUT2D eigenvalue weighted by Crippen LogP contribution is 2.18. The second-order valence-electron chi connectivity index (χ2n) is 5.98. The highest BCUT2D eigenvalue weighted by atomic mass is 19.1. The topological polar surface area (TPSA) is 52.6 Å². The maximum atomic E-state index is 12.8. The summed E-state index contributed by atoms with van der Waals surface area (Å²) in [5.74, 6) is -0.160. The van der Waals surface area contributed by atoms with E-state index >= 15 is 0 Å². The number of likely N-dealkylation sites (tertiary alicyclic amines) is 1. The Kier molecular flexibility index (Phi) is 6.34. The third kappa shape index (κ3) is 5.07. The third-order valence-corrected chi connectivity index (χ3v) is 4.28. The van der Waals surface area contributed by atoms with E-state index in [1.807, 2.05) is 6.92 Å². The van der Waals surface area contributed by atoms with Crippen molar-refractivity contribution < 1.29 is 14.3 Å². The van der Waals surface area contributed by atoms with Crippen molar-refractivity contribution in [2.75, 3.05) is 19.6 Å². The summed E-state index contributed by atoms with van der Waals surface area (Å²) in [5, 5.41) is 12.6. The van der Waals surface area contributed by atoms with E-state index in [0.717, 1.165) is 37.9 Å². The molecule has 1 heterocycles. The Hall–Kier alpha value is -1.46. The van der Waals surface area contributed by atoms with Gasteiger partial charge in [0.25, 0.3) is 0 Å². The van der Waals surface area contributed by atoms with Gasteiger partial charge in [0.1, 0.15) is 5.82 Å². The normalized spacial score (nSPS) is 18.1. The minimum absolute atomic E-state index is 0.0375. The van der Waals surface area contributed by atoms with Gasteiger partial charge in [-0.2, -0.15) is 0 Å². The van der Waals surface area contributed by atoms with Crippen molar-refractivity contribution in [3.8, 4) is 0 Å². The first kappa shape index (κ1) is 16.9. The van der Waals surface area contributed by atoms with Crippen LogP contribution in [0.15, 0.2) is 24.3 Å². The van der Waals surface area contributed by atoms with Gasteiger partial charge in [-0.15, -0.1) is 0 Å². The summed E-state index contributed by atoms with van der Waals surface area (Å²) < 4.78 is 12.8. The first-order chi connectivity index (χ1) is 10.6. The zero-order valence-electron chi connectivity index (χ0n) is 13.1. The molecule has 1 aliphatic heterocycles. The molecule has 122 valence electrons. The smallest absolute Gasteiger partial charge is 0.223 e. The Bertz CT molecular complexity index is 470. The molecule has 2 N–H and O–H groups in total. The van der Waals surface area contributed by atoms with E-state index in [-0.39, 0.29) is 23.7 Å². The van der Waals surface area contributed by atoms with Gasteiger partial charge in [0.05, 0.1) is 6.10 Å². The van der Waals surface area contributed by atoms with Crippen molar-refractivity contribution in [1.82, 2.24) is 10.2 Å². The molecule has 1 atom stereocenters. The number of amides is 1. The van der Waals surface area contributed by atoms with E-state index < -0.39 is 0 Å². The second-order valence-corrected chi connectivity index (χ2v) is 5.98. The first-order valence-electron chi connectivity index (χ1n) is 8.01. The van der Waals surface area contributed by atoms with Crippen LogP contribution < -0.4 is 5.32 Å². The van der Waals surface area contributed by atoms with Crippen LogP contribution in [0.25, 0.3) is 0 Å². The van der Waals surface area contributed by atoms with Gasteiger partial charge in [-0.05, 0) is 50.0 Å². The van der Waals surface area contributed by atoms with Crippen molar-refractivity contribution in [3.63, 3.8) is 0 Å². The molecule has 0 aliphatic carbocycles. The number of carbonyl (C=O) groups excluding carboxylic acids is 1. The second kappa shape index (κ2) is 8.25. The number of aliphatic hydroxyl groups excluding tert-OH is 1. The fraction of sp³-hybridized carbons (Fsp3) is 0.588. The van der Waals surface area contributed by atoms with Crippen LogP contribution in [0.4, 0.5) is 4.39 Å². The van der Waals surface area contributed by atoms with Gasteiger partial charge in [-0.1, -0.05) is 19.1 Å². The van der Waals surface area contributed by atoms with Crippen LogP contribution in [0.1, 0.15) is 31.7 Å². The number of hydrogen-bond donors (Lipinski definition) is 2. The largest absolute Gasteiger partial charge is 0.392 e. The number of hydrogen-bond acceptors (Lipinski definition) is 3. The van der Waals surface area contributed by atoms with Crippen LogP contribution in [0.3, 0.4) is 0 Å². The maximum absolute atomic E-state index is 12.8. The molecule has 1 saturated heterocycles. The van der Waals surface area contributed by atoms with Gasteiger partial charge in [0.2, 0.25) is 5.91 Å². The lowest BCUT2D eigenvalue weighted by Gasteiger charge is -2.32. The van der Waals surface area contributed by atoms with Gasteiger partial charge < -0.3 is 15.3 Å². The molecular weight excluding hydrogens is 283 g/mol. The van der Waals surface area contributed by atoms with E-state index in [1.165, 1.54) is 12.1 Å². The van der Waals surface area contributed by atoms with Gasteiger partial charge in [0, 0.05) is 19.0 Å². The molecule has 4 nitrogen and oxygen atoms in total. The van der Waals surface area contributed by atoms with Crippen LogP contribution in [-0.2, 0) is 11.3 Å². The van der Waals surface area contributed by atoms with Gasteiger partial charge in [-0.3, -0.25) is 4.79 Å². The minimum atomic E-state index is -0.274. The molecule has 0 radical (unpaired) electrons. The number of halogens is 1. The third-order valence-electron chi connectivity index (χ3n) is 4.28. The number of nitrogens with one attached hydrogen (secondary N) is 1. The number of piperidine rings is 1. The highest BCUT2D eigenvalue weighted by molar-refractivity contribution is 5.78. The lowest BCUT2D eigenvalue weighted by molar-refractivity contribution is -0.126. The van der Waals surface area contributed by atoms with E-state index in [2.05, 4.69) is 10.2 Å². The molecule has 1 aliphatic rings. The zero-order chi connectivity index (χ0) is 15.9. The van der Waals surface area contributed by atoms with Crippen LogP contribution in [0.5, 0.6) is 0 Å². The molecule has 1 aromatic carbocycles. The van der Waals surface area contributed by atoms with Crippen molar-refractivity contribution >= 4 is 5.91 Å². The average molecular weight is 308 g/mol. The SMILES string of the molecule is CCC(O)CN1CCC(C(=O)NCc2ccc(F)cc2)CC1. The lowest BCUT2D eigenvalue weighted by Crippen LogP contribution is -2.42. The van der Waals surface area contributed by atoms with E-state index in [4.69, 9.17) is 0 Å². The molecule has 0 saturated carbocycles. The summed E-state index contributed by atoms with van der Waals surface area (Å²) in [4.78, 5) is 14.4. The maximum Gasteiger partial charge on any atom is 0.223 e. The van der Waals surface area contributed by atoms with Crippen LogP contribution in [0, 0.1) is 11.7 Å². The van der Waals surface area contributed by atoms with Crippen LogP contribution >= 0.6 is 0 Å². The molecule has 1 amide bonds. The molecule has 1 fully saturated rings. The molecular formula is C17H25FN2O2. The first-order valence-corrected chi connectivity index (χ1v) is 8.01. The number of β-amino-alcohol motifs (C(OH)–C–C–N with tert-alkyl or cyclic N) is 1. The number of aliphatic hydroxyl groups is 1. The predicted octanol–water partition coefficient (Wildman–Crippen LogP) is 1.92. The summed E-state index contributed by atoms with van der Waals surface area (Å²) >= 11 is 0. The van der Waals surface area contributed by atoms with Gasteiger partial charge in [0.15, 0.2) is 0 Å². The lowest BCUT2D eigenvalue weighted by atomic mass is 9.95. The summed E-state index contributed by atoms with van der Waals surface area (Å²) in [6, 6.07) is 6.17. The number of nitrogens with zero attached hydrogens (tertiary/aromatic N) is 1. The zero-order valence-corrected chi connectivity index (χ0v) is 13.1. The Labute approximate surface area is 131 Å². The summed E-state index contributed by atoms with van der Waals surface area (Å²) in [7, 11) is 0. The summed E-state index contributed by atoms with van der Waals surface area (Å²) in [6.45, 7) is 4.81. The van der Waals surface area contributed by atoms with Crippen LogP contribution in [0.2, 0.25) is 0 Å². The molecule has 0 spiro atoms. The standard InChI is InChI=1S/C17H25FN2O2/c1-2-16(21)12-20-9-7-14(8-10-20)17(22)19-11-13-3-5-15(18)6-4-13/h3-6,14,16,21H,2,7-12H2,1H3,(H,19,22). The molecule has 1 unspecified atom stereocenters. The van der Waals surface area contributed by atoms with E-state index in [1.54, 1.807) is 12.1 Å². The Balaban J connectivity index is 1.72. The fourth-order valence-electron chi connectivity index (χ4n) is 2.74. The Morgan fingerprint density at radius 2 is 2.00 bits per heavy atom. The molecule has 2 rings (SSSR count). The quantitative estimate of drug-likeness (QED) is 0.844. The monoisotopic (exact) mass is 308 g/mol. The number of carbonyl (C=O) groups is 1. The summed E-state index contributed by atoms with van der Waals surface area (Å²) in [6.07, 6.45) is 2.14. The molecule has 22 heavy (non-hydrogen) atoms. The van der Waals surface area contributed by atoms with Crippen molar-refractivity contribution in [3.05, 3.63) is 35.6 Å².